The maximum Gasteiger partial charge on any atom is 0.326 e. The Morgan fingerprint density at radius 3 is 2.84 bits per heavy atom. The summed E-state index contributed by atoms with van der Waals surface area (Å²) in [4.78, 5) is 22.5. The fourth-order valence-electron chi connectivity index (χ4n) is 1.80. The minimum atomic E-state index is -0.972. The zero-order valence-electron chi connectivity index (χ0n) is 10.5. The van der Waals surface area contributed by atoms with E-state index in [4.69, 9.17) is 5.11 Å². The standard InChI is InChI=1S/C11H17N5O3/c17-10(18)9(8-2-3-8)14-11(19)12-4-1-6-16-7-5-13-15-16/h5,7-9H,1-4,6H2,(H,17,18)(H2,12,14,19). The van der Waals surface area contributed by atoms with Gasteiger partial charge in [0.2, 0.25) is 0 Å². The van der Waals surface area contributed by atoms with Crippen LogP contribution < -0.4 is 10.6 Å². The van der Waals surface area contributed by atoms with Crippen LogP contribution in [-0.4, -0.2) is 44.7 Å². The van der Waals surface area contributed by atoms with Crippen LogP contribution in [0, 0.1) is 5.92 Å². The largest absolute Gasteiger partial charge is 0.480 e. The molecule has 8 nitrogen and oxygen atoms in total. The zero-order chi connectivity index (χ0) is 13.7. The summed E-state index contributed by atoms with van der Waals surface area (Å²) in [6.07, 6.45) is 5.77. The van der Waals surface area contributed by atoms with Gasteiger partial charge in [0.25, 0.3) is 0 Å². The number of carboxylic acids is 1. The number of aryl methyl sites for hydroxylation is 1. The molecule has 0 aromatic carbocycles. The number of nitrogens with zero attached hydrogens (tertiary/aromatic N) is 3. The van der Waals surface area contributed by atoms with E-state index in [2.05, 4.69) is 20.9 Å². The van der Waals surface area contributed by atoms with Gasteiger partial charge in [-0.05, 0) is 25.2 Å². The van der Waals surface area contributed by atoms with Crippen LogP contribution in [-0.2, 0) is 11.3 Å². The number of hydrogen-bond donors (Lipinski definition) is 3. The summed E-state index contributed by atoms with van der Waals surface area (Å²) in [5, 5.41) is 21.6. The first-order valence-electron chi connectivity index (χ1n) is 6.28. The van der Waals surface area contributed by atoms with E-state index in [0.717, 1.165) is 12.8 Å². The summed E-state index contributed by atoms with van der Waals surface area (Å²) in [5.41, 5.74) is 0. The molecule has 2 rings (SSSR count). The third kappa shape index (κ3) is 4.23. The van der Waals surface area contributed by atoms with E-state index in [1.54, 1.807) is 17.1 Å². The lowest BCUT2D eigenvalue weighted by Crippen LogP contribution is -2.47. The van der Waals surface area contributed by atoms with Crippen molar-refractivity contribution in [2.45, 2.75) is 31.8 Å². The Bertz CT molecular complexity index is 430. The molecule has 0 radical (unpaired) electrons. The number of nitrogens with one attached hydrogen (secondary N) is 2. The Labute approximate surface area is 110 Å². The normalized spacial score (nSPS) is 15.8. The maximum absolute atomic E-state index is 11.5. The van der Waals surface area contributed by atoms with Gasteiger partial charge in [0, 0.05) is 19.3 Å². The van der Waals surface area contributed by atoms with Gasteiger partial charge >= 0.3 is 12.0 Å². The lowest BCUT2D eigenvalue weighted by atomic mass is 10.2. The molecule has 104 valence electrons. The predicted molar refractivity (Wildman–Crippen MR) is 65.3 cm³/mol. The molecule has 0 aliphatic heterocycles. The molecule has 1 atom stereocenters. The van der Waals surface area contributed by atoms with E-state index >= 15 is 0 Å². The molecule has 0 spiro atoms. The van der Waals surface area contributed by atoms with Gasteiger partial charge in [-0.3, -0.25) is 4.68 Å². The number of carbonyl (C=O) groups excluding carboxylic acids is 1. The fraction of sp³-hybridized carbons (Fsp3) is 0.636. The highest BCUT2D eigenvalue weighted by Gasteiger charge is 2.37. The average molecular weight is 267 g/mol. The second-order valence-corrected chi connectivity index (χ2v) is 4.57. The number of carbonyl (C=O) groups is 2. The van der Waals surface area contributed by atoms with Crippen LogP contribution >= 0.6 is 0 Å². The van der Waals surface area contributed by atoms with Gasteiger partial charge in [0.05, 0.1) is 6.20 Å². The number of hydrogen-bond acceptors (Lipinski definition) is 4. The molecule has 3 N–H and O–H groups in total. The average Bonchev–Trinajstić information content (AvgIpc) is 3.08. The smallest absolute Gasteiger partial charge is 0.326 e. The second-order valence-electron chi connectivity index (χ2n) is 4.57. The summed E-state index contributed by atoms with van der Waals surface area (Å²) in [7, 11) is 0. The molecule has 1 heterocycles. The first-order valence-corrected chi connectivity index (χ1v) is 6.28. The van der Waals surface area contributed by atoms with E-state index in [1.807, 2.05) is 0 Å². The van der Waals surface area contributed by atoms with E-state index < -0.39 is 18.0 Å². The number of amides is 2. The lowest BCUT2D eigenvalue weighted by molar-refractivity contribution is -0.139. The molecule has 1 saturated carbocycles. The van der Waals surface area contributed by atoms with Crippen LogP contribution in [0.2, 0.25) is 0 Å². The number of urea groups is 1. The Morgan fingerprint density at radius 2 is 2.26 bits per heavy atom. The first-order chi connectivity index (χ1) is 9.16. The SMILES string of the molecule is O=C(NCCCn1ccnn1)NC(C(=O)O)C1CC1. The van der Waals surface area contributed by atoms with Crippen LogP contribution in [0.15, 0.2) is 12.4 Å². The minimum Gasteiger partial charge on any atom is -0.480 e. The third-order valence-electron chi connectivity index (χ3n) is 2.97. The van der Waals surface area contributed by atoms with E-state index in [9.17, 15) is 9.59 Å². The van der Waals surface area contributed by atoms with Crippen molar-refractivity contribution in [1.82, 2.24) is 25.6 Å². The summed E-state index contributed by atoms with van der Waals surface area (Å²) in [6, 6.07) is -1.20. The quantitative estimate of drug-likeness (QED) is 0.594. The maximum atomic E-state index is 11.5. The van der Waals surface area contributed by atoms with Crippen LogP contribution in [0.4, 0.5) is 4.79 Å². The highest BCUT2D eigenvalue weighted by molar-refractivity contribution is 5.83. The lowest BCUT2D eigenvalue weighted by Gasteiger charge is -2.14. The molecule has 1 aliphatic rings. The molecule has 0 saturated heterocycles. The molecule has 1 aromatic heterocycles. The van der Waals surface area contributed by atoms with Gasteiger partial charge in [0.1, 0.15) is 6.04 Å². The predicted octanol–water partition coefficient (Wildman–Crippen LogP) is -0.169. The van der Waals surface area contributed by atoms with Gasteiger partial charge < -0.3 is 15.7 Å². The highest BCUT2D eigenvalue weighted by atomic mass is 16.4. The molecule has 1 unspecified atom stereocenters. The van der Waals surface area contributed by atoms with Gasteiger partial charge in [-0.25, -0.2) is 9.59 Å². The number of aliphatic carboxylic acids is 1. The van der Waals surface area contributed by atoms with Crippen LogP contribution in [0.3, 0.4) is 0 Å². The number of aromatic nitrogens is 3. The van der Waals surface area contributed by atoms with Crippen molar-refractivity contribution in [2.24, 2.45) is 5.92 Å². The molecule has 0 bridgehead atoms. The Hall–Kier alpha value is -2.12. The monoisotopic (exact) mass is 267 g/mol. The van der Waals surface area contributed by atoms with Gasteiger partial charge in [-0.15, -0.1) is 5.10 Å². The number of rotatable bonds is 7. The van der Waals surface area contributed by atoms with Crippen molar-refractivity contribution in [3.63, 3.8) is 0 Å². The molecular formula is C11H17N5O3. The van der Waals surface area contributed by atoms with Gasteiger partial charge in [-0.2, -0.15) is 0 Å². The van der Waals surface area contributed by atoms with Crippen molar-refractivity contribution >= 4 is 12.0 Å². The van der Waals surface area contributed by atoms with Crippen LogP contribution in [0.1, 0.15) is 19.3 Å². The molecule has 19 heavy (non-hydrogen) atoms. The molecule has 1 aromatic rings. The molecule has 1 aliphatic carbocycles. The van der Waals surface area contributed by atoms with Crippen molar-refractivity contribution < 1.29 is 14.7 Å². The first kappa shape index (κ1) is 13.3. The fourth-order valence-corrected chi connectivity index (χ4v) is 1.80. The van der Waals surface area contributed by atoms with E-state index in [-0.39, 0.29) is 5.92 Å². The Balaban J connectivity index is 1.62. The second kappa shape index (κ2) is 6.17. The summed E-state index contributed by atoms with van der Waals surface area (Å²) >= 11 is 0. The number of carboxylic acid groups (broad SMARTS) is 1. The van der Waals surface area contributed by atoms with E-state index in [1.165, 1.54) is 0 Å². The van der Waals surface area contributed by atoms with Crippen molar-refractivity contribution in [1.29, 1.82) is 0 Å². The zero-order valence-corrected chi connectivity index (χ0v) is 10.5. The topological polar surface area (TPSA) is 109 Å². The minimum absolute atomic E-state index is 0.0819. The van der Waals surface area contributed by atoms with Crippen molar-refractivity contribution in [3.05, 3.63) is 12.4 Å². The van der Waals surface area contributed by atoms with Gasteiger partial charge in [-0.1, -0.05) is 5.21 Å². The third-order valence-corrected chi connectivity index (χ3v) is 2.97. The summed E-state index contributed by atoms with van der Waals surface area (Å²) < 4.78 is 1.67. The molecule has 1 fully saturated rings. The molecule has 2 amide bonds. The van der Waals surface area contributed by atoms with Crippen LogP contribution in [0.25, 0.3) is 0 Å². The van der Waals surface area contributed by atoms with Crippen molar-refractivity contribution in [3.8, 4) is 0 Å². The Morgan fingerprint density at radius 1 is 1.47 bits per heavy atom. The van der Waals surface area contributed by atoms with Crippen LogP contribution in [0.5, 0.6) is 0 Å². The Kier molecular flexibility index (Phi) is 4.32. The van der Waals surface area contributed by atoms with Crippen molar-refractivity contribution in [2.75, 3.05) is 6.54 Å². The molecular weight excluding hydrogens is 250 g/mol. The summed E-state index contributed by atoms with van der Waals surface area (Å²) in [6.45, 7) is 1.12. The molecule has 8 heteroatoms. The van der Waals surface area contributed by atoms with Gasteiger partial charge in [0.15, 0.2) is 0 Å². The van der Waals surface area contributed by atoms with E-state index in [0.29, 0.717) is 19.5 Å². The highest BCUT2D eigenvalue weighted by Crippen LogP contribution is 2.32. The summed E-state index contributed by atoms with van der Waals surface area (Å²) in [5.74, 6) is -0.890.